The highest BCUT2D eigenvalue weighted by molar-refractivity contribution is 7.89. The molecule has 1 aromatic carbocycles. The maximum absolute atomic E-state index is 13.3. The number of rotatable bonds is 3. The molecule has 0 atom stereocenters. The van der Waals surface area contributed by atoms with Crippen LogP contribution in [0.1, 0.15) is 38.5 Å². The second-order valence-electron chi connectivity index (χ2n) is 6.99. The lowest BCUT2D eigenvalue weighted by atomic mass is 9.96. The Balaban J connectivity index is 1.63. The number of benzene rings is 1. The maximum Gasteiger partial charge on any atom is 0.243 e. The number of piperidine rings is 1. The fraction of sp³-hybridized carbons (Fsp3) is 0.611. The van der Waals surface area contributed by atoms with Crippen LogP contribution in [0.25, 0.3) is 0 Å². The molecule has 0 aliphatic carbocycles. The molecule has 3 rings (SSSR count). The average molecular weight is 403 g/mol. The van der Waals surface area contributed by atoms with Crippen LogP contribution >= 0.6 is 11.6 Å². The summed E-state index contributed by atoms with van der Waals surface area (Å²) in [7, 11) is -3.72. The fourth-order valence-electron chi connectivity index (χ4n) is 3.68. The molecule has 0 N–H and O–H groups in total. The normalized spacial score (nSPS) is 20.8. The third-order valence-corrected chi connectivity index (χ3v) is 7.43. The molecular formula is C18H24ClFN2O3S. The molecule has 2 aliphatic rings. The summed E-state index contributed by atoms with van der Waals surface area (Å²) in [5.41, 5.74) is 0. The number of carbonyl (C=O) groups is 1. The van der Waals surface area contributed by atoms with E-state index in [-0.39, 0.29) is 21.7 Å². The molecule has 26 heavy (non-hydrogen) atoms. The molecule has 5 nitrogen and oxygen atoms in total. The number of nitrogens with zero attached hydrogens (tertiary/aromatic N) is 2. The van der Waals surface area contributed by atoms with Crippen LogP contribution in [-0.2, 0) is 14.8 Å². The molecule has 144 valence electrons. The van der Waals surface area contributed by atoms with Crippen LogP contribution in [-0.4, -0.2) is 49.7 Å². The van der Waals surface area contributed by atoms with Crippen molar-refractivity contribution >= 4 is 27.5 Å². The van der Waals surface area contributed by atoms with Gasteiger partial charge in [0, 0.05) is 32.1 Å². The van der Waals surface area contributed by atoms with Crippen molar-refractivity contribution in [3.8, 4) is 0 Å². The minimum atomic E-state index is -3.72. The smallest absolute Gasteiger partial charge is 0.243 e. The summed E-state index contributed by atoms with van der Waals surface area (Å²) in [5, 5.41) is -0.211. The average Bonchev–Trinajstić information content (AvgIpc) is 2.93. The van der Waals surface area contributed by atoms with E-state index in [1.54, 1.807) is 0 Å². The summed E-state index contributed by atoms with van der Waals surface area (Å²) in [4.78, 5) is 14.6. The van der Waals surface area contributed by atoms with E-state index in [1.807, 2.05) is 4.90 Å². The van der Waals surface area contributed by atoms with Gasteiger partial charge in [-0.3, -0.25) is 4.79 Å². The van der Waals surface area contributed by atoms with Crippen LogP contribution in [0, 0.1) is 11.7 Å². The van der Waals surface area contributed by atoms with E-state index >= 15 is 0 Å². The van der Waals surface area contributed by atoms with Crippen LogP contribution < -0.4 is 0 Å². The third-order valence-electron chi connectivity index (χ3n) is 5.25. The van der Waals surface area contributed by atoms with E-state index in [1.165, 1.54) is 23.2 Å². The van der Waals surface area contributed by atoms with Gasteiger partial charge in [-0.2, -0.15) is 4.31 Å². The summed E-state index contributed by atoms with van der Waals surface area (Å²) in [6.45, 7) is 2.21. The zero-order valence-electron chi connectivity index (χ0n) is 14.7. The van der Waals surface area contributed by atoms with Crippen molar-refractivity contribution in [2.45, 2.75) is 43.4 Å². The van der Waals surface area contributed by atoms with E-state index in [4.69, 9.17) is 11.6 Å². The van der Waals surface area contributed by atoms with Gasteiger partial charge in [-0.15, -0.1) is 0 Å². The van der Waals surface area contributed by atoms with Crippen molar-refractivity contribution < 1.29 is 17.6 Å². The van der Waals surface area contributed by atoms with Gasteiger partial charge in [-0.25, -0.2) is 12.8 Å². The zero-order valence-corrected chi connectivity index (χ0v) is 16.2. The van der Waals surface area contributed by atoms with Crippen molar-refractivity contribution in [2.75, 3.05) is 26.2 Å². The Labute approximate surface area is 159 Å². The van der Waals surface area contributed by atoms with Crippen LogP contribution in [0.15, 0.2) is 23.1 Å². The topological polar surface area (TPSA) is 57.7 Å². The van der Waals surface area contributed by atoms with Gasteiger partial charge in [0.2, 0.25) is 15.9 Å². The van der Waals surface area contributed by atoms with Crippen molar-refractivity contribution in [3.05, 3.63) is 29.0 Å². The number of halogens is 2. The largest absolute Gasteiger partial charge is 0.342 e. The first kappa shape index (κ1) is 19.6. The van der Waals surface area contributed by atoms with Crippen molar-refractivity contribution in [1.82, 2.24) is 9.21 Å². The Kier molecular flexibility index (Phi) is 6.20. The molecule has 8 heteroatoms. The standard InChI is InChI=1S/C18H24ClFN2O3S/c19-16-13-15(5-6-17(16)20)26(24,25)22-11-7-14(8-12-22)18(23)21-9-3-1-2-4-10-21/h5-6,13-14H,1-4,7-12H2. The number of hydrogen-bond donors (Lipinski definition) is 0. The molecule has 0 bridgehead atoms. The van der Waals surface area contributed by atoms with Gasteiger partial charge < -0.3 is 4.90 Å². The van der Waals surface area contributed by atoms with Crippen molar-refractivity contribution in [3.63, 3.8) is 0 Å². The van der Waals surface area contributed by atoms with Gasteiger partial charge in [0.05, 0.1) is 9.92 Å². The number of amides is 1. The Morgan fingerprint density at radius 2 is 1.65 bits per heavy atom. The van der Waals surface area contributed by atoms with Crippen LogP contribution in [0.5, 0.6) is 0 Å². The number of sulfonamides is 1. The van der Waals surface area contributed by atoms with Gasteiger partial charge in [0.25, 0.3) is 0 Å². The molecular weight excluding hydrogens is 379 g/mol. The van der Waals surface area contributed by atoms with Crippen LogP contribution in [0.4, 0.5) is 4.39 Å². The highest BCUT2D eigenvalue weighted by Crippen LogP contribution is 2.27. The highest BCUT2D eigenvalue weighted by atomic mass is 35.5. The zero-order chi connectivity index (χ0) is 18.7. The summed E-state index contributed by atoms with van der Waals surface area (Å²) >= 11 is 5.71. The summed E-state index contributed by atoms with van der Waals surface area (Å²) < 4.78 is 40.1. The van der Waals surface area contributed by atoms with E-state index in [9.17, 15) is 17.6 Å². The molecule has 2 heterocycles. The molecule has 0 spiro atoms. The van der Waals surface area contributed by atoms with Crippen LogP contribution in [0.3, 0.4) is 0 Å². The van der Waals surface area contributed by atoms with Crippen molar-refractivity contribution in [2.24, 2.45) is 5.92 Å². The molecule has 2 saturated heterocycles. The van der Waals surface area contributed by atoms with Gasteiger partial charge in [-0.1, -0.05) is 24.4 Å². The summed E-state index contributed by atoms with van der Waals surface area (Å²) in [5.74, 6) is -0.600. The van der Waals surface area contributed by atoms with Crippen LogP contribution in [0.2, 0.25) is 5.02 Å². The molecule has 0 unspecified atom stereocenters. The quantitative estimate of drug-likeness (QED) is 0.779. The molecule has 0 saturated carbocycles. The second-order valence-corrected chi connectivity index (χ2v) is 9.34. The molecule has 0 radical (unpaired) electrons. The molecule has 1 amide bonds. The lowest BCUT2D eigenvalue weighted by Gasteiger charge is -2.33. The van der Waals surface area contributed by atoms with E-state index < -0.39 is 15.8 Å². The predicted molar refractivity (Wildman–Crippen MR) is 97.9 cm³/mol. The molecule has 0 aromatic heterocycles. The minimum absolute atomic E-state index is 0.0128. The highest BCUT2D eigenvalue weighted by Gasteiger charge is 2.34. The van der Waals surface area contributed by atoms with Gasteiger partial charge in [0.1, 0.15) is 5.82 Å². The second kappa shape index (κ2) is 8.23. The number of likely N-dealkylation sites (tertiary alicyclic amines) is 1. The third kappa shape index (κ3) is 4.21. The first-order valence-electron chi connectivity index (χ1n) is 9.13. The van der Waals surface area contributed by atoms with Crippen molar-refractivity contribution in [1.29, 1.82) is 0 Å². The fourth-order valence-corrected chi connectivity index (χ4v) is 5.42. The minimum Gasteiger partial charge on any atom is -0.342 e. The first-order chi connectivity index (χ1) is 12.4. The van der Waals surface area contributed by atoms with Gasteiger partial charge >= 0.3 is 0 Å². The molecule has 1 aromatic rings. The lowest BCUT2D eigenvalue weighted by Crippen LogP contribution is -2.44. The monoisotopic (exact) mass is 402 g/mol. The van der Waals surface area contributed by atoms with E-state index in [2.05, 4.69) is 0 Å². The Morgan fingerprint density at radius 3 is 2.23 bits per heavy atom. The van der Waals surface area contributed by atoms with Gasteiger partial charge in [-0.05, 0) is 43.9 Å². The number of carbonyl (C=O) groups excluding carboxylic acids is 1. The van der Waals surface area contributed by atoms with E-state index in [0.717, 1.165) is 38.1 Å². The Bertz CT molecular complexity index is 756. The van der Waals surface area contributed by atoms with E-state index in [0.29, 0.717) is 25.9 Å². The Morgan fingerprint density at radius 1 is 1.04 bits per heavy atom. The van der Waals surface area contributed by atoms with Gasteiger partial charge in [0.15, 0.2) is 0 Å². The maximum atomic E-state index is 13.3. The SMILES string of the molecule is O=C(C1CCN(S(=O)(=O)c2ccc(F)c(Cl)c2)CC1)N1CCCCCC1. The number of hydrogen-bond acceptors (Lipinski definition) is 3. The molecule has 2 fully saturated rings. The summed E-state index contributed by atoms with van der Waals surface area (Å²) in [6.07, 6.45) is 5.46. The first-order valence-corrected chi connectivity index (χ1v) is 11.0. The molecule has 2 aliphatic heterocycles. The Hall–Kier alpha value is -1.18. The lowest BCUT2D eigenvalue weighted by molar-refractivity contribution is -0.136. The predicted octanol–water partition coefficient (Wildman–Crippen LogP) is 3.28. The summed E-state index contributed by atoms with van der Waals surface area (Å²) in [6, 6.07) is 3.43.